The van der Waals surface area contributed by atoms with Gasteiger partial charge in [-0.3, -0.25) is 4.79 Å². The van der Waals surface area contributed by atoms with E-state index >= 15 is 0 Å². The summed E-state index contributed by atoms with van der Waals surface area (Å²) in [7, 11) is 0. The van der Waals surface area contributed by atoms with Crippen LogP contribution in [0.2, 0.25) is 0 Å². The molecule has 4 rings (SSSR count). The number of para-hydroxylation sites is 1. The predicted octanol–water partition coefficient (Wildman–Crippen LogP) is 4.86. The van der Waals surface area contributed by atoms with Crippen molar-refractivity contribution in [3.63, 3.8) is 0 Å². The predicted molar refractivity (Wildman–Crippen MR) is 121 cm³/mol. The van der Waals surface area contributed by atoms with Crippen molar-refractivity contribution in [2.75, 3.05) is 0 Å². The van der Waals surface area contributed by atoms with Crippen LogP contribution < -0.4 is 5.43 Å². The van der Waals surface area contributed by atoms with Crippen molar-refractivity contribution in [3.8, 4) is 22.8 Å². The molecule has 4 aromatic rings. The fraction of sp³-hybridized carbons (Fsp3) is 0.0800. The number of fused-ring (bicyclic) bond motifs is 1. The molecule has 0 aliphatic rings. The van der Waals surface area contributed by atoms with Crippen molar-refractivity contribution < 1.29 is 15.0 Å². The molecule has 0 bridgehead atoms. The van der Waals surface area contributed by atoms with E-state index in [9.17, 15) is 15.0 Å². The van der Waals surface area contributed by atoms with Gasteiger partial charge in [0, 0.05) is 16.5 Å². The first-order valence-electron chi connectivity index (χ1n) is 9.91. The lowest BCUT2D eigenvalue weighted by atomic mass is 10.0. The van der Waals surface area contributed by atoms with E-state index in [-0.39, 0.29) is 17.4 Å². The molecule has 3 aromatic carbocycles. The summed E-state index contributed by atoms with van der Waals surface area (Å²) < 4.78 is 0. The molecule has 1 heterocycles. The second kappa shape index (κ2) is 8.67. The molecule has 0 fully saturated rings. The van der Waals surface area contributed by atoms with Crippen molar-refractivity contribution in [3.05, 3.63) is 90.0 Å². The Bertz CT molecular complexity index is 1280. The highest BCUT2D eigenvalue weighted by molar-refractivity contribution is 6.08. The molecule has 6 nitrogen and oxygen atoms in total. The Labute approximate surface area is 179 Å². The van der Waals surface area contributed by atoms with E-state index in [0.717, 1.165) is 5.56 Å². The van der Waals surface area contributed by atoms with Gasteiger partial charge in [-0.25, -0.2) is 10.4 Å². The topological polar surface area (TPSA) is 94.8 Å². The van der Waals surface area contributed by atoms with Crippen molar-refractivity contribution >= 4 is 22.5 Å². The van der Waals surface area contributed by atoms with E-state index in [1.165, 1.54) is 18.2 Å². The third-order valence-electron chi connectivity index (χ3n) is 4.95. The Hall–Kier alpha value is -4.19. The number of rotatable bonds is 5. The van der Waals surface area contributed by atoms with Gasteiger partial charge in [-0.05, 0) is 36.8 Å². The molecular formula is C25H21N3O3. The van der Waals surface area contributed by atoms with Crippen LogP contribution in [0.25, 0.3) is 22.2 Å². The minimum Gasteiger partial charge on any atom is -0.508 e. The SMILES string of the molecule is CC/C(=N\NC(=O)c1cc(-c2ccccc2)nc2ccccc12)c1cc(O)ccc1O. The molecule has 0 saturated carbocycles. The average molecular weight is 411 g/mol. The molecule has 31 heavy (non-hydrogen) atoms. The number of carbonyl (C=O) groups excluding carboxylic acids is 1. The second-order valence-electron chi connectivity index (χ2n) is 6.99. The maximum Gasteiger partial charge on any atom is 0.272 e. The first-order valence-corrected chi connectivity index (χ1v) is 9.91. The minimum absolute atomic E-state index is 0.00732. The summed E-state index contributed by atoms with van der Waals surface area (Å²) in [5.41, 5.74) is 6.16. The standard InChI is InChI=1S/C25H21N3O3/c1-2-21(20-14-17(29)12-13-24(20)30)27-28-25(31)19-15-23(16-8-4-3-5-9-16)26-22-11-7-6-10-18(19)22/h3-15,29-30H,2H2,1H3,(H,28,31)/b27-21+. The fourth-order valence-corrected chi connectivity index (χ4v) is 3.38. The number of hydrogen-bond acceptors (Lipinski definition) is 5. The van der Waals surface area contributed by atoms with Gasteiger partial charge < -0.3 is 10.2 Å². The maximum absolute atomic E-state index is 13.1. The van der Waals surface area contributed by atoms with E-state index in [1.54, 1.807) is 6.07 Å². The number of pyridine rings is 1. The largest absolute Gasteiger partial charge is 0.508 e. The first-order chi connectivity index (χ1) is 15.1. The minimum atomic E-state index is -0.388. The summed E-state index contributed by atoms with van der Waals surface area (Å²) in [5.74, 6) is -0.400. The summed E-state index contributed by atoms with van der Waals surface area (Å²) in [5, 5.41) is 24.8. The summed E-state index contributed by atoms with van der Waals surface area (Å²) in [4.78, 5) is 17.8. The fourth-order valence-electron chi connectivity index (χ4n) is 3.38. The van der Waals surface area contributed by atoms with Crippen LogP contribution in [0.3, 0.4) is 0 Å². The highest BCUT2D eigenvalue weighted by Crippen LogP contribution is 2.26. The van der Waals surface area contributed by atoms with E-state index in [2.05, 4.69) is 10.5 Å². The van der Waals surface area contributed by atoms with Gasteiger partial charge in [-0.2, -0.15) is 5.10 Å². The summed E-state index contributed by atoms with van der Waals surface area (Å²) >= 11 is 0. The monoisotopic (exact) mass is 411 g/mol. The number of phenols is 2. The van der Waals surface area contributed by atoms with E-state index < -0.39 is 0 Å². The second-order valence-corrected chi connectivity index (χ2v) is 6.99. The van der Waals surface area contributed by atoms with Gasteiger partial charge in [0.25, 0.3) is 5.91 Å². The van der Waals surface area contributed by atoms with Gasteiger partial charge >= 0.3 is 0 Å². The summed E-state index contributed by atoms with van der Waals surface area (Å²) in [6.07, 6.45) is 0.448. The van der Waals surface area contributed by atoms with Crippen molar-refractivity contribution in [1.29, 1.82) is 0 Å². The molecule has 154 valence electrons. The van der Waals surface area contributed by atoms with Crippen molar-refractivity contribution in [1.82, 2.24) is 10.4 Å². The van der Waals surface area contributed by atoms with Gasteiger partial charge in [-0.15, -0.1) is 0 Å². The van der Waals surface area contributed by atoms with Crippen LogP contribution in [0, 0.1) is 0 Å². The van der Waals surface area contributed by atoms with Crippen LogP contribution in [0.5, 0.6) is 11.5 Å². The van der Waals surface area contributed by atoms with Crippen LogP contribution >= 0.6 is 0 Å². The molecule has 0 unspecified atom stereocenters. The molecule has 0 aliphatic heterocycles. The van der Waals surface area contributed by atoms with Gasteiger partial charge in [-0.1, -0.05) is 55.5 Å². The molecule has 1 amide bonds. The third kappa shape index (κ3) is 4.23. The molecular weight excluding hydrogens is 390 g/mol. The zero-order valence-corrected chi connectivity index (χ0v) is 16.9. The number of hydrazone groups is 1. The van der Waals surface area contributed by atoms with E-state index in [4.69, 9.17) is 4.98 Å². The van der Waals surface area contributed by atoms with E-state index in [1.807, 2.05) is 61.5 Å². The number of aromatic nitrogens is 1. The quantitative estimate of drug-likeness (QED) is 0.248. The zero-order chi connectivity index (χ0) is 21.8. The smallest absolute Gasteiger partial charge is 0.272 e. The third-order valence-corrected chi connectivity index (χ3v) is 4.95. The van der Waals surface area contributed by atoms with Crippen LogP contribution in [-0.2, 0) is 0 Å². The van der Waals surface area contributed by atoms with Gasteiger partial charge in [0.05, 0.1) is 22.5 Å². The molecule has 0 atom stereocenters. The van der Waals surface area contributed by atoms with Gasteiger partial charge in [0.15, 0.2) is 0 Å². The summed E-state index contributed by atoms with van der Waals surface area (Å²) in [6.45, 7) is 1.85. The molecule has 6 heteroatoms. The van der Waals surface area contributed by atoms with Gasteiger partial charge in [0.1, 0.15) is 11.5 Å². The zero-order valence-electron chi connectivity index (χ0n) is 16.9. The van der Waals surface area contributed by atoms with Crippen molar-refractivity contribution in [2.24, 2.45) is 5.10 Å². The number of amides is 1. The number of phenolic OH excluding ortho intramolecular Hbond substituents is 2. The van der Waals surface area contributed by atoms with Crippen LogP contribution in [0.4, 0.5) is 0 Å². The Balaban J connectivity index is 1.73. The molecule has 3 N–H and O–H groups in total. The number of carbonyl (C=O) groups is 1. The number of hydrogen-bond donors (Lipinski definition) is 3. The molecule has 0 aliphatic carbocycles. The Kier molecular flexibility index (Phi) is 5.62. The Morgan fingerprint density at radius 2 is 1.68 bits per heavy atom. The Morgan fingerprint density at radius 1 is 0.935 bits per heavy atom. The number of nitrogens with one attached hydrogen (secondary N) is 1. The number of nitrogens with zero attached hydrogens (tertiary/aromatic N) is 2. The average Bonchev–Trinajstić information content (AvgIpc) is 2.81. The highest BCUT2D eigenvalue weighted by Gasteiger charge is 2.15. The van der Waals surface area contributed by atoms with Crippen LogP contribution in [0.1, 0.15) is 29.3 Å². The summed E-state index contributed by atoms with van der Waals surface area (Å²) in [6, 6.07) is 23.0. The maximum atomic E-state index is 13.1. The lowest BCUT2D eigenvalue weighted by Crippen LogP contribution is -2.20. The lowest BCUT2D eigenvalue weighted by molar-refractivity contribution is 0.0956. The number of aromatic hydroxyl groups is 2. The first kappa shape index (κ1) is 20.1. The number of benzene rings is 3. The van der Waals surface area contributed by atoms with Crippen molar-refractivity contribution in [2.45, 2.75) is 13.3 Å². The van der Waals surface area contributed by atoms with Gasteiger partial charge in [0.2, 0.25) is 0 Å². The molecule has 0 spiro atoms. The Morgan fingerprint density at radius 3 is 2.45 bits per heavy atom. The molecule has 0 radical (unpaired) electrons. The normalized spacial score (nSPS) is 11.5. The highest BCUT2D eigenvalue weighted by atomic mass is 16.3. The molecule has 0 saturated heterocycles. The van der Waals surface area contributed by atoms with Crippen LogP contribution in [-0.4, -0.2) is 26.8 Å². The lowest BCUT2D eigenvalue weighted by Gasteiger charge is -2.11. The van der Waals surface area contributed by atoms with E-state index in [0.29, 0.717) is 39.9 Å². The molecule has 1 aromatic heterocycles. The van der Waals surface area contributed by atoms with Crippen LogP contribution in [0.15, 0.2) is 84.0 Å².